The molecule has 1 heteroatoms. The molecule has 0 aliphatic heterocycles. The van der Waals surface area contributed by atoms with E-state index in [1.807, 2.05) is 0 Å². The van der Waals surface area contributed by atoms with E-state index in [2.05, 4.69) is 73.7 Å². The quantitative estimate of drug-likeness (QED) is 0.756. The van der Waals surface area contributed by atoms with Crippen molar-refractivity contribution in [3.05, 3.63) is 71.8 Å². The van der Waals surface area contributed by atoms with Crippen LogP contribution in [0.3, 0.4) is 0 Å². The van der Waals surface area contributed by atoms with Gasteiger partial charge >= 0.3 is 110 Å². The van der Waals surface area contributed by atoms with Gasteiger partial charge in [0, 0.05) is 0 Å². The van der Waals surface area contributed by atoms with Gasteiger partial charge in [0.05, 0.1) is 0 Å². The van der Waals surface area contributed by atoms with Crippen LogP contribution >= 0.6 is 0 Å². The molecule has 0 nitrogen and oxygen atoms in total. The summed E-state index contributed by atoms with van der Waals surface area (Å²) in [4.78, 5) is 0. The molecular formula is C16H16Se. The van der Waals surface area contributed by atoms with E-state index in [0.717, 1.165) is 5.32 Å². The first-order chi connectivity index (χ1) is 8.34. The van der Waals surface area contributed by atoms with Crippen molar-refractivity contribution in [1.82, 2.24) is 0 Å². The Morgan fingerprint density at radius 2 is 1.65 bits per heavy atom. The van der Waals surface area contributed by atoms with E-state index in [1.165, 1.54) is 15.6 Å². The van der Waals surface area contributed by atoms with E-state index < -0.39 is 0 Å². The number of rotatable bonds is 4. The van der Waals surface area contributed by atoms with Gasteiger partial charge in [0.2, 0.25) is 0 Å². The zero-order valence-corrected chi connectivity index (χ0v) is 11.7. The molecule has 0 aromatic heterocycles. The second-order valence-corrected chi connectivity index (χ2v) is 6.23. The average molecular weight is 287 g/mol. The Balaban J connectivity index is 1.84. The monoisotopic (exact) mass is 288 g/mol. The molecule has 86 valence electrons. The predicted molar refractivity (Wildman–Crippen MR) is 76.9 cm³/mol. The summed E-state index contributed by atoms with van der Waals surface area (Å²) in [6, 6.07) is 19.4. The molecular weight excluding hydrogens is 271 g/mol. The number of hydrogen-bond acceptors (Lipinski definition) is 0. The molecule has 0 fully saturated rings. The topological polar surface area (TPSA) is 0 Å². The number of hydrogen-bond donors (Lipinski definition) is 0. The average Bonchev–Trinajstić information content (AvgIpc) is 2.38. The van der Waals surface area contributed by atoms with Crippen molar-refractivity contribution in [1.29, 1.82) is 0 Å². The molecule has 2 rings (SSSR count). The van der Waals surface area contributed by atoms with E-state index in [4.69, 9.17) is 0 Å². The Morgan fingerprint density at radius 1 is 0.941 bits per heavy atom. The standard InChI is InChI=1S/C16H16Se/c1-14-9-11-15(12-10-14)6-5-13-17-16-7-3-2-4-8-16/h2-12H,13H2,1H3/b6-5+. The van der Waals surface area contributed by atoms with Crippen LogP contribution in [-0.2, 0) is 0 Å². The molecule has 0 saturated carbocycles. The minimum absolute atomic E-state index is 0.558. The van der Waals surface area contributed by atoms with Crippen LogP contribution in [0.4, 0.5) is 0 Å². The third-order valence-electron chi connectivity index (χ3n) is 2.48. The summed E-state index contributed by atoms with van der Waals surface area (Å²) in [5.41, 5.74) is 2.61. The van der Waals surface area contributed by atoms with Crippen molar-refractivity contribution in [3.63, 3.8) is 0 Å². The molecule has 0 radical (unpaired) electrons. The van der Waals surface area contributed by atoms with E-state index in [-0.39, 0.29) is 0 Å². The van der Waals surface area contributed by atoms with Crippen LogP contribution in [0.25, 0.3) is 6.08 Å². The zero-order valence-electron chi connectivity index (χ0n) is 9.97. The van der Waals surface area contributed by atoms with Gasteiger partial charge in [-0.2, -0.15) is 0 Å². The van der Waals surface area contributed by atoms with E-state index >= 15 is 0 Å². The third-order valence-corrected chi connectivity index (χ3v) is 4.50. The van der Waals surface area contributed by atoms with Crippen molar-refractivity contribution < 1.29 is 0 Å². The van der Waals surface area contributed by atoms with Gasteiger partial charge < -0.3 is 0 Å². The molecule has 0 N–H and O–H groups in total. The van der Waals surface area contributed by atoms with Gasteiger partial charge in [-0.25, -0.2) is 0 Å². The molecule has 0 bridgehead atoms. The van der Waals surface area contributed by atoms with Gasteiger partial charge in [-0.05, 0) is 0 Å². The molecule has 0 atom stereocenters. The normalized spacial score (nSPS) is 10.9. The first kappa shape index (κ1) is 12.2. The van der Waals surface area contributed by atoms with E-state index in [0.29, 0.717) is 15.0 Å². The van der Waals surface area contributed by atoms with Crippen LogP contribution in [0.1, 0.15) is 11.1 Å². The van der Waals surface area contributed by atoms with Crippen molar-refractivity contribution in [3.8, 4) is 0 Å². The summed E-state index contributed by atoms with van der Waals surface area (Å²) >= 11 is 0.558. The molecule has 0 aliphatic carbocycles. The Bertz CT molecular complexity index is 469. The van der Waals surface area contributed by atoms with Crippen molar-refractivity contribution in [2.75, 3.05) is 0 Å². The van der Waals surface area contributed by atoms with Crippen LogP contribution in [0.2, 0.25) is 5.32 Å². The fourth-order valence-corrected chi connectivity index (χ4v) is 3.06. The Labute approximate surface area is 110 Å². The van der Waals surface area contributed by atoms with Crippen LogP contribution in [0.5, 0.6) is 0 Å². The zero-order chi connectivity index (χ0) is 11.9. The molecule has 0 heterocycles. The van der Waals surface area contributed by atoms with Gasteiger partial charge in [-0.15, -0.1) is 0 Å². The number of aryl methyl sites for hydroxylation is 1. The molecule has 0 spiro atoms. The van der Waals surface area contributed by atoms with Gasteiger partial charge in [0.15, 0.2) is 0 Å². The SMILES string of the molecule is Cc1ccc(/C=C/C[Se]c2ccccc2)cc1. The first-order valence-corrected chi connectivity index (χ1v) is 7.82. The van der Waals surface area contributed by atoms with Crippen LogP contribution in [-0.4, -0.2) is 15.0 Å². The van der Waals surface area contributed by atoms with E-state index in [1.54, 1.807) is 0 Å². The van der Waals surface area contributed by atoms with Gasteiger partial charge in [-0.3, -0.25) is 0 Å². The van der Waals surface area contributed by atoms with Crippen LogP contribution in [0.15, 0.2) is 60.7 Å². The summed E-state index contributed by atoms with van der Waals surface area (Å²) in [7, 11) is 0. The maximum atomic E-state index is 2.28. The summed E-state index contributed by atoms with van der Waals surface area (Å²) in [5.74, 6) is 0. The van der Waals surface area contributed by atoms with Crippen LogP contribution in [0, 0.1) is 6.92 Å². The molecule has 0 amide bonds. The minimum atomic E-state index is 0.558. The summed E-state index contributed by atoms with van der Waals surface area (Å²) in [6.07, 6.45) is 4.49. The fraction of sp³-hybridized carbons (Fsp3) is 0.125. The molecule has 0 unspecified atom stereocenters. The molecule has 0 saturated heterocycles. The molecule has 17 heavy (non-hydrogen) atoms. The summed E-state index contributed by atoms with van der Waals surface area (Å²) in [5, 5.41) is 1.16. The van der Waals surface area contributed by atoms with Crippen LogP contribution < -0.4 is 4.46 Å². The Kier molecular flexibility index (Phi) is 4.61. The number of benzene rings is 2. The van der Waals surface area contributed by atoms with Crippen molar-refractivity contribution >= 4 is 25.5 Å². The fourth-order valence-electron chi connectivity index (χ4n) is 1.52. The second kappa shape index (κ2) is 6.44. The first-order valence-electron chi connectivity index (χ1n) is 5.76. The molecule has 2 aromatic rings. The second-order valence-electron chi connectivity index (χ2n) is 3.94. The van der Waals surface area contributed by atoms with Crippen molar-refractivity contribution in [2.45, 2.75) is 12.2 Å². The Morgan fingerprint density at radius 3 is 2.35 bits per heavy atom. The number of allylic oxidation sites excluding steroid dienone is 1. The van der Waals surface area contributed by atoms with Crippen molar-refractivity contribution in [2.24, 2.45) is 0 Å². The van der Waals surface area contributed by atoms with E-state index in [9.17, 15) is 0 Å². The van der Waals surface area contributed by atoms with Gasteiger partial charge in [0.1, 0.15) is 0 Å². The summed E-state index contributed by atoms with van der Waals surface area (Å²) < 4.78 is 1.47. The predicted octanol–water partition coefficient (Wildman–Crippen LogP) is 3.46. The Hall–Kier alpha value is -1.30. The van der Waals surface area contributed by atoms with Gasteiger partial charge in [-0.1, -0.05) is 0 Å². The molecule has 2 aromatic carbocycles. The maximum absolute atomic E-state index is 2.28. The summed E-state index contributed by atoms with van der Waals surface area (Å²) in [6.45, 7) is 2.12. The third kappa shape index (κ3) is 4.22. The molecule has 0 aliphatic rings. The van der Waals surface area contributed by atoms with Gasteiger partial charge in [0.25, 0.3) is 0 Å².